The minimum atomic E-state index is -4.12. The molecule has 0 radical (unpaired) electrons. The van der Waals surface area contributed by atoms with Crippen LogP contribution in [-0.2, 0) is 21.4 Å². The number of nitrogens with one attached hydrogen (secondary N) is 1. The SMILES string of the molecule is O=C(NCC1CCCCC1)C1=C(c2ccccc2)c2ccccc2N(Cc2ccccc2)S1(=O)=O. The standard InChI is InChI=1S/C29H30N2O3S/c32-29(30-20-22-12-4-1-5-13-22)28-27(24-16-8-3-9-17-24)25-18-10-11-19-26(25)31(35(28,33)34)21-23-14-6-2-7-15-23/h2-3,6-11,14-19,22H,1,4-5,12-13,20-21H2,(H,30,32). The third-order valence-electron chi connectivity index (χ3n) is 6.93. The fraction of sp³-hybridized carbons (Fsp3) is 0.276. The molecule has 0 unspecified atom stereocenters. The van der Waals surface area contributed by atoms with Gasteiger partial charge in [0.15, 0.2) is 4.91 Å². The molecule has 3 aromatic carbocycles. The highest BCUT2D eigenvalue weighted by atomic mass is 32.2. The number of carbonyl (C=O) groups is 1. The number of carbonyl (C=O) groups excluding carboxylic acids is 1. The van der Waals surface area contributed by atoms with Crippen LogP contribution in [0.25, 0.3) is 5.57 Å². The Hall–Kier alpha value is -3.38. The van der Waals surface area contributed by atoms with Gasteiger partial charge >= 0.3 is 0 Å². The fourth-order valence-corrected chi connectivity index (χ4v) is 6.89. The van der Waals surface area contributed by atoms with Gasteiger partial charge in [0.2, 0.25) is 0 Å². The van der Waals surface area contributed by atoms with Gasteiger partial charge < -0.3 is 5.32 Å². The first-order valence-corrected chi connectivity index (χ1v) is 13.7. The summed E-state index contributed by atoms with van der Waals surface area (Å²) in [5.74, 6) is -0.130. The van der Waals surface area contributed by atoms with Crippen LogP contribution < -0.4 is 9.62 Å². The molecule has 0 spiro atoms. The molecular formula is C29H30N2O3S. The van der Waals surface area contributed by atoms with E-state index in [4.69, 9.17) is 0 Å². The van der Waals surface area contributed by atoms with Crippen LogP contribution in [0.4, 0.5) is 5.69 Å². The maximum absolute atomic E-state index is 14.2. The number of sulfonamides is 1. The van der Waals surface area contributed by atoms with Crippen molar-refractivity contribution in [3.05, 3.63) is 107 Å². The fourth-order valence-electron chi connectivity index (χ4n) is 5.14. The molecule has 35 heavy (non-hydrogen) atoms. The molecule has 2 aliphatic rings. The van der Waals surface area contributed by atoms with E-state index in [-0.39, 0.29) is 11.4 Å². The molecule has 6 heteroatoms. The number of fused-ring (bicyclic) bond motifs is 1. The average Bonchev–Trinajstić information content (AvgIpc) is 2.90. The number of para-hydroxylation sites is 1. The molecule has 0 aromatic heterocycles. The number of hydrogen-bond acceptors (Lipinski definition) is 3. The normalized spacial score (nSPS) is 17.7. The smallest absolute Gasteiger partial charge is 0.270 e. The summed E-state index contributed by atoms with van der Waals surface area (Å²) in [5, 5.41) is 2.99. The van der Waals surface area contributed by atoms with Crippen LogP contribution in [0.1, 0.15) is 48.8 Å². The van der Waals surface area contributed by atoms with Crippen LogP contribution >= 0.6 is 0 Å². The van der Waals surface area contributed by atoms with Crippen LogP contribution in [0.15, 0.2) is 89.8 Å². The van der Waals surface area contributed by atoms with Gasteiger partial charge in [0, 0.05) is 17.7 Å². The Morgan fingerprint density at radius 3 is 2.17 bits per heavy atom. The van der Waals surface area contributed by atoms with Crippen molar-refractivity contribution in [1.82, 2.24) is 5.32 Å². The van der Waals surface area contributed by atoms with Crippen LogP contribution in [0, 0.1) is 5.92 Å². The molecule has 1 aliphatic heterocycles. The number of nitrogens with zero attached hydrogens (tertiary/aromatic N) is 1. The molecular weight excluding hydrogens is 456 g/mol. The van der Waals surface area contributed by atoms with Crippen molar-refractivity contribution in [3.63, 3.8) is 0 Å². The molecule has 0 saturated heterocycles. The Balaban J connectivity index is 1.62. The Morgan fingerprint density at radius 1 is 0.829 bits per heavy atom. The van der Waals surface area contributed by atoms with Gasteiger partial charge in [0.1, 0.15) is 0 Å². The molecule has 1 fully saturated rings. The summed E-state index contributed by atoms with van der Waals surface area (Å²) in [6, 6.07) is 26.3. The number of amides is 1. The minimum Gasteiger partial charge on any atom is -0.351 e. The van der Waals surface area contributed by atoms with Gasteiger partial charge in [-0.15, -0.1) is 0 Å². The van der Waals surface area contributed by atoms with Crippen molar-refractivity contribution in [1.29, 1.82) is 0 Å². The van der Waals surface area contributed by atoms with Gasteiger partial charge in [-0.1, -0.05) is 98.1 Å². The van der Waals surface area contributed by atoms with E-state index in [0.717, 1.165) is 36.8 Å². The molecule has 0 bridgehead atoms. The third kappa shape index (κ3) is 4.76. The first-order chi connectivity index (χ1) is 17.1. The quantitative estimate of drug-likeness (QED) is 0.501. The summed E-state index contributed by atoms with van der Waals surface area (Å²) < 4.78 is 29.7. The van der Waals surface area contributed by atoms with Crippen molar-refractivity contribution >= 4 is 27.2 Å². The highest BCUT2D eigenvalue weighted by Gasteiger charge is 2.41. The van der Waals surface area contributed by atoms with Crippen LogP contribution in [0.2, 0.25) is 0 Å². The maximum Gasteiger partial charge on any atom is 0.270 e. The van der Waals surface area contributed by atoms with Crippen LogP contribution in [0.3, 0.4) is 0 Å². The van der Waals surface area contributed by atoms with Gasteiger partial charge in [0.25, 0.3) is 15.9 Å². The highest BCUT2D eigenvalue weighted by molar-refractivity contribution is 7.97. The maximum atomic E-state index is 14.2. The monoisotopic (exact) mass is 486 g/mol. The second-order valence-corrected chi connectivity index (χ2v) is 11.1. The molecule has 1 aliphatic carbocycles. The molecule has 0 atom stereocenters. The summed E-state index contributed by atoms with van der Waals surface area (Å²) in [6.45, 7) is 0.655. The Kier molecular flexibility index (Phi) is 6.73. The molecule has 5 nitrogen and oxygen atoms in total. The Bertz CT molecular complexity index is 1330. The van der Waals surface area contributed by atoms with Gasteiger partial charge in [0.05, 0.1) is 12.2 Å². The van der Waals surface area contributed by atoms with Gasteiger partial charge in [-0.3, -0.25) is 9.10 Å². The second kappa shape index (κ2) is 10.1. The highest BCUT2D eigenvalue weighted by Crippen LogP contribution is 2.43. The van der Waals surface area contributed by atoms with E-state index in [2.05, 4.69) is 5.32 Å². The summed E-state index contributed by atoms with van der Waals surface area (Å²) in [5.41, 5.74) is 3.36. The van der Waals surface area contributed by atoms with Gasteiger partial charge in [-0.05, 0) is 36.0 Å². The van der Waals surface area contributed by atoms with Gasteiger partial charge in [-0.25, -0.2) is 8.42 Å². The zero-order valence-corrected chi connectivity index (χ0v) is 20.5. The van der Waals surface area contributed by atoms with Crippen LogP contribution in [-0.4, -0.2) is 20.9 Å². The lowest BCUT2D eigenvalue weighted by molar-refractivity contribution is -0.117. The predicted octanol–water partition coefficient (Wildman–Crippen LogP) is 5.49. The molecule has 180 valence electrons. The molecule has 3 aromatic rings. The molecule has 1 heterocycles. The summed E-state index contributed by atoms with van der Waals surface area (Å²) in [7, 11) is -4.12. The first kappa shape index (κ1) is 23.4. The summed E-state index contributed by atoms with van der Waals surface area (Å²) >= 11 is 0. The molecule has 1 N–H and O–H groups in total. The van der Waals surface area contributed by atoms with E-state index in [1.807, 2.05) is 84.9 Å². The number of hydrogen-bond donors (Lipinski definition) is 1. The molecule has 5 rings (SSSR count). The summed E-state index contributed by atoms with van der Waals surface area (Å²) in [6.07, 6.45) is 5.69. The topological polar surface area (TPSA) is 66.5 Å². The predicted molar refractivity (Wildman–Crippen MR) is 140 cm³/mol. The van der Waals surface area contributed by atoms with E-state index in [1.54, 1.807) is 0 Å². The second-order valence-electron chi connectivity index (χ2n) is 9.30. The van der Waals surface area contributed by atoms with Crippen molar-refractivity contribution in [3.8, 4) is 0 Å². The Morgan fingerprint density at radius 2 is 1.46 bits per heavy atom. The summed E-state index contributed by atoms with van der Waals surface area (Å²) in [4.78, 5) is 13.5. The Labute approximate surface area is 207 Å². The van der Waals surface area contributed by atoms with E-state index in [1.165, 1.54) is 10.7 Å². The van der Waals surface area contributed by atoms with Crippen LogP contribution in [0.5, 0.6) is 0 Å². The number of benzene rings is 3. The number of rotatable bonds is 6. The van der Waals surface area contributed by atoms with Gasteiger partial charge in [-0.2, -0.15) is 0 Å². The zero-order chi connectivity index (χ0) is 24.3. The molecule has 1 amide bonds. The number of anilines is 1. The molecule has 1 saturated carbocycles. The van der Waals surface area contributed by atoms with E-state index < -0.39 is 15.9 Å². The van der Waals surface area contributed by atoms with E-state index >= 15 is 0 Å². The third-order valence-corrected chi connectivity index (χ3v) is 8.74. The lowest BCUT2D eigenvalue weighted by Gasteiger charge is -2.34. The van der Waals surface area contributed by atoms with Crippen molar-refractivity contribution in [2.24, 2.45) is 5.92 Å². The van der Waals surface area contributed by atoms with Crippen molar-refractivity contribution in [2.45, 2.75) is 38.6 Å². The minimum absolute atomic E-state index is 0.154. The van der Waals surface area contributed by atoms with E-state index in [0.29, 0.717) is 29.3 Å². The van der Waals surface area contributed by atoms with E-state index in [9.17, 15) is 13.2 Å². The first-order valence-electron chi connectivity index (χ1n) is 12.3. The van der Waals surface area contributed by atoms with Crippen molar-refractivity contribution in [2.75, 3.05) is 10.8 Å². The van der Waals surface area contributed by atoms with Crippen molar-refractivity contribution < 1.29 is 13.2 Å². The lowest BCUT2D eigenvalue weighted by Crippen LogP contribution is -2.42. The lowest BCUT2D eigenvalue weighted by atomic mass is 9.89. The average molecular weight is 487 g/mol. The zero-order valence-electron chi connectivity index (χ0n) is 19.7. The largest absolute Gasteiger partial charge is 0.351 e.